The standard InChI is InChI=1S/C22H26ClNO5/c1-4-6-13-28-19-12-7-16(14-20(19)27-5-2)22(26)29-15(3)21(25)24-18-10-8-17(23)9-11-18/h7-12,14-15H,4-6,13H2,1-3H3,(H,24,25)/t15-/m1/s1. The number of halogens is 1. The molecule has 1 N–H and O–H groups in total. The van der Waals surface area contributed by atoms with E-state index in [0.29, 0.717) is 35.4 Å². The van der Waals surface area contributed by atoms with Crippen LogP contribution in [0.4, 0.5) is 5.69 Å². The highest BCUT2D eigenvalue weighted by atomic mass is 35.5. The zero-order valence-corrected chi connectivity index (χ0v) is 17.6. The van der Waals surface area contributed by atoms with E-state index in [1.54, 1.807) is 42.5 Å². The molecule has 0 bridgehead atoms. The molecule has 0 aromatic heterocycles. The first-order valence-corrected chi connectivity index (χ1v) is 9.99. The van der Waals surface area contributed by atoms with Gasteiger partial charge in [-0.1, -0.05) is 24.9 Å². The van der Waals surface area contributed by atoms with Crippen molar-refractivity contribution in [3.63, 3.8) is 0 Å². The maximum atomic E-state index is 12.5. The first-order valence-electron chi connectivity index (χ1n) is 9.61. The lowest BCUT2D eigenvalue weighted by Gasteiger charge is -2.15. The average Bonchev–Trinajstić information content (AvgIpc) is 2.71. The molecule has 2 aromatic carbocycles. The third kappa shape index (κ3) is 6.98. The predicted octanol–water partition coefficient (Wildman–Crippen LogP) is 5.10. The molecular formula is C22H26ClNO5. The molecule has 0 heterocycles. The summed E-state index contributed by atoms with van der Waals surface area (Å²) in [4.78, 5) is 24.7. The number of amides is 1. The molecule has 29 heavy (non-hydrogen) atoms. The number of ether oxygens (including phenoxy) is 3. The third-order valence-electron chi connectivity index (χ3n) is 4.00. The highest BCUT2D eigenvalue weighted by molar-refractivity contribution is 6.30. The van der Waals surface area contributed by atoms with Crippen LogP contribution in [-0.4, -0.2) is 31.2 Å². The third-order valence-corrected chi connectivity index (χ3v) is 4.25. The van der Waals surface area contributed by atoms with Gasteiger partial charge in [-0.05, 0) is 62.7 Å². The van der Waals surface area contributed by atoms with E-state index in [4.69, 9.17) is 25.8 Å². The molecule has 0 saturated heterocycles. The molecule has 0 radical (unpaired) electrons. The highest BCUT2D eigenvalue weighted by Gasteiger charge is 2.20. The van der Waals surface area contributed by atoms with Crippen molar-refractivity contribution in [2.75, 3.05) is 18.5 Å². The number of benzene rings is 2. The van der Waals surface area contributed by atoms with E-state index in [-0.39, 0.29) is 5.56 Å². The molecule has 6 nitrogen and oxygen atoms in total. The monoisotopic (exact) mass is 419 g/mol. The number of carbonyl (C=O) groups is 2. The Labute approximate surface area is 176 Å². The largest absolute Gasteiger partial charge is 0.490 e. The number of nitrogens with one attached hydrogen (secondary N) is 1. The highest BCUT2D eigenvalue weighted by Crippen LogP contribution is 2.29. The Morgan fingerprint density at radius 3 is 2.41 bits per heavy atom. The van der Waals surface area contributed by atoms with Crippen LogP contribution in [0.25, 0.3) is 0 Å². The first kappa shape index (κ1) is 22.6. The average molecular weight is 420 g/mol. The molecule has 1 atom stereocenters. The maximum absolute atomic E-state index is 12.5. The van der Waals surface area contributed by atoms with Gasteiger partial charge >= 0.3 is 5.97 Å². The van der Waals surface area contributed by atoms with Crippen LogP contribution in [0.3, 0.4) is 0 Å². The van der Waals surface area contributed by atoms with Crippen LogP contribution in [0.2, 0.25) is 5.02 Å². The molecule has 0 aliphatic heterocycles. The van der Waals surface area contributed by atoms with E-state index in [1.807, 2.05) is 6.92 Å². The van der Waals surface area contributed by atoms with Crippen LogP contribution in [0, 0.1) is 0 Å². The Bertz CT molecular complexity index is 822. The van der Waals surface area contributed by atoms with E-state index in [9.17, 15) is 9.59 Å². The van der Waals surface area contributed by atoms with E-state index >= 15 is 0 Å². The van der Waals surface area contributed by atoms with Gasteiger partial charge in [-0.3, -0.25) is 4.79 Å². The molecule has 0 aliphatic carbocycles. The molecule has 7 heteroatoms. The second kappa shape index (κ2) is 11.3. The Morgan fingerprint density at radius 1 is 1.03 bits per heavy atom. The van der Waals surface area contributed by atoms with Crippen molar-refractivity contribution < 1.29 is 23.8 Å². The van der Waals surface area contributed by atoms with Gasteiger partial charge in [0.1, 0.15) is 0 Å². The van der Waals surface area contributed by atoms with Crippen molar-refractivity contribution in [3.8, 4) is 11.5 Å². The molecule has 2 aromatic rings. The molecule has 2 rings (SSSR count). The number of esters is 1. The van der Waals surface area contributed by atoms with Crippen molar-refractivity contribution in [2.45, 2.75) is 39.7 Å². The molecule has 0 spiro atoms. The van der Waals surface area contributed by atoms with Gasteiger partial charge in [0.2, 0.25) is 0 Å². The van der Waals surface area contributed by atoms with Gasteiger partial charge in [-0.25, -0.2) is 4.79 Å². The van der Waals surface area contributed by atoms with Crippen molar-refractivity contribution in [1.29, 1.82) is 0 Å². The number of carbonyl (C=O) groups excluding carboxylic acids is 2. The molecule has 0 saturated carbocycles. The summed E-state index contributed by atoms with van der Waals surface area (Å²) in [5.41, 5.74) is 0.844. The topological polar surface area (TPSA) is 73.9 Å². The van der Waals surface area contributed by atoms with Gasteiger partial charge in [0.15, 0.2) is 17.6 Å². The van der Waals surface area contributed by atoms with E-state index < -0.39 is 18.0 Å². The second-order valence-electron chi connectivity index (χ2n) is 6.34. The fraction of sp³-hybridized carbons (Fsp3) is 0.364. The van der Waals surface area contributed by atoms with Gasteiger partial charge in [0.05, 0.1) is 18.8 Å². The quantitative estimate of drug-likeness (QED) is 0.428. The molecule has 0 fully saturated rings. The van der Waals surface area contributed by atoms with E-state index in [0.717, 1.165) is 12.8 Å². The van der Waals surface area contributed by atoms with E-state index in [1.165, 1.54) is 6.92 Å². The predicted molar refractivity (Wildman–Crippen MR) is 113 cm³/mol. The summed E-state index contributed by atoms with van der Waals surface area (Å²) in [5.74, 6) is -0.0169. The SMILES string of the molecule is CCCCOc1ccc(C(=O)O[C@H](C)C(=O)Nc2ccc(Cl)cc2)cc1OCC. The van der Waals surface area contributed by atoms with Gasteiger partial charge in [0, 0.05) is 10.7 Å². The number of hydrogen-bond acceptors (Lipinski definition) is 5. The summed E-state index contributed by atoms with van der Waals surface area (Å²) >= 11 is 5.83. The van der Waals surface area contributed by atoms with Crippen molar-refractivity contribution in [2.24, 2.45) is 0 Å². The lowest BCUT2D eigenvalue weighted by atomic mass is 10.2. The molecule has 1 amide bonds. The Kier molecular flexibility index (Phi) is 8.80. The van der Waals surface area contributed by atoms with Crippen molar-refractivity contribution >= 4 is 29.2 Å². The minimum Gasteiger partial charge on any atom is -0.490 e. The Hall–Kier alpha value is -2.73. The zero-order chi connectivity index (χ0) is 21.2. The van der Waals surface area contributed by atoms with Crippen LogP contribution in [0.5, 0.6) is 11.5 Å². The summed E-state index contributed by atoms with van der Waals surface area (Å²) in [6, 6.07) is 11.5. The number of unbranched alkanes of at least 4 members (excludes halogenated alkanes) is 1. The van der Waals surface area contributed by atoms with Crippen molar-refractivity contribution in [1.82, 2.24) is 0 Å². The summed E-state index contributed by atoms with van der Waals surface area (Å²) < 4.78 is 16.6. The van der Waals surface area contributed by atoms with Crippen LogP contribution in [0.15, 0.2) is 42.5 Å². The first-order chi connectivity index (χ1) is 13.9. The van der Waals surface area contributed by atoms with Crippen LogP contribution in [0.1, 0.15) is 44.0 Å². The Morgan fingerprint density at radius 2 is 1.76 bits per heavy atom. The smallest absolute Gasteiger partial charge is 0.339 e. The maximum Gasteiger partial charge on any atom is 0.339 e. The van der Waals surface area contributed by atoms with Gasteiger partial charge in [-0.15, -0.1) is 0 Å². The minimum absolute atomic E-state index is 0.280. The van der Waals surface area contributed by atoms with E-state index in [2.05, 4.69) is 12.2 Å². The van der Waals surface area contributed by atoms with Gasteiger partial charge in [-0.2, -0.15) is 0 Å². The zero-order valence-electron chi connectivity index (χ0n) is 16.9. The minimum atomic E-state index is -0.978. The summed E-state index contributed by atoms with van der Waals surface area (Å²) in [6.45, 7) is 6.44. The number of anilines is 1. The number of hydrogen-bond donors (Lipinski definition) is 1. The van der Waals surface area contributed by atoms with Crippen LogP contribution in [-0.2, 0) is 9.53 Å². The molecule has 0 aliphatic rings. The summed E-state index contributed by atoms with van der Waals surface area (Å²) in [6.07, 6.45) is 0.967. The van der Waals surface area contributed by atoms with Crippen molar-refractivity contribution in [3.05, 3.63) is 53.1 Å². The summed E-state index contributed by atoms with van der Waals surface area (Å²) in [5, 5.41) is 3.24. The normalized spacial score (nSPS) is 11.4. The molecular weight excluding hydrogens is 394 g/mol. The number of rotatable bonds is 10. The van der Waals surface area contributed by atoms with Gasteiger partial charge in [0.25, 0.3) is 5.91 Å². The lowest BCUT2D eigenvalue weighted by molar-refractivity contribution is -0.123. The molecule has 0 unspecified atom stereocenters. The second-order valence-corrected chi connectivity index (χ2v) is 6.78. The van der Waals surface area contributed by atoms with Gasteiger partial charge < -0.3 is 19.5 Å². The fourth-order valence-corrected chi connectivity index (χ4v) is 2.53. The Balaban J connectivity index is 2.01. The fourth-order valence-electron chi connectivity index (χ4n) is 2.41. The summed E-state index contributed by atoms with van der Waals surface area (Å²) in [7, 11) is 0. The van der Waals surface area contributed by atoms with Crippen LogP contribution >= 0.6 is 11.6 Å². The molecule has 156 valence electrons. The van der Waals surface area contributed by atoms with Crippen LogP contribution < -0.4 is 14.8 Å². The lowest BCUT2D eigenvalue weighted by Crippen LogP contribution is -2.30.